The van der Waals surface area contributed by atoms with Crippen molar-refractivity contribution in [2.45, 2.75) is 46.0 Å². The van der Waals surface area contributed by atoms with Gasteiger partial charge >= 0.3 is 6.18 Å². The van der Waals surface area contributed by atoms with Crippen molar-refractivity contribution < 1.29 is 13.2 Å². The van der Waals surface area contributed by atoms with Crippen molar-refractivity contribution in [3.8, 4) is 0 Å². The number of aryl methyl sites for hydroxylation is 1. The molecule has 0 radical (unpaired) electrons. The predicted molar refractivity (Wildman–Crippen MR) is 78.7 cm³/mol. The highest BCUT2D eigenvalue weighted by atomic mass is 32.1. The summed E-state index contributed by atoms with van der Waals surface area (Å²) in [6, 6.07) is 0.123. The molecule has 8 heteroatoms. The average Bonchev–Trinajstić information content (AvgIpc) is 2.93. The van der Waals surface area contributed by atoms with Crippen LogP contribution in [0.25, 0.3) is 0 Å². The lowest BCUT2D eigenvalue weighted by Gasteiger charge is -2.09. The number of halogens is 3. The molecule has 2 rings (SSSR count). The Morgan fingerprint density at radius 2 is 1.95 bits per heavy atom. The first-order valence-electron chi connectivity index (χ1n) is 6.46. The minimum Gasteiger partial charge on any atom is -0.310 e. The van der Waals surface area contributed by atoms with Gasteiger partial charge in [-0.05, 0) is 6.92 Å². The van der Waals surface area contributed by atoms with Crippen LogP contribution in [0.4, 0.5) is 13.2 Å². The summed E-state index contributed by atoms with van der Waals surface area (Å²) in [6.45, 7) is 5.84. The van der Waals surface area contributed by atoms with E-state index in [9.17, 15) is 13.2 Å². The molecule has 3 nitrogen and oxygen atoms in total. The van der Waals surface area contributed by atoms with Gasteiger partial charge in [0.15, 0.2) is 5.69 Å². The van der Waals surface area contributed by atoms with Gasteiger partial charge in [-0.25, -0.2) is 9.97 Å². The van der Waals surface area contributed by atoms with E-state index in [-0.39, 0.29) is 17.5 Å². The second-order valence-electron chi connectivity index (χ2n) is 4.97. The maximum absolute atomic E-state index is 13.0. The molecular formula is C13H16F3N3S2. The van der Waals surface area contributed by atoms with E-state index in [1.807, 2.05) is 26.2 Å². The second-order valence-corrected chi connectivity index (χ2v) is 7.08. The third kappa shape index (κ3) is 4.49. The molecule has 0 unspecified atom stereocenters. The van der Waals surface area contributed by atoms with Gasteiger partial charge in [0.05, 0.1) is 16.3 Å². The van der Waals surface area contributed by atoms with Gasteiger partial charge < -0.3 is 5.32 Å². The van der Waals surface area contributed by atoms with Gasteiger partial charge in [0.25, 0.3) is 0 Å². The Hall–Kier alpha value is -0.990. The van der Waals surface area contributed by atoms with E-state index in [4.69, 9.17) is 0 Å². The van der Waals surface area contributed by atoms with Crippen molar-refractivity contribution in [2.24, 2.45) is 0 Å². The van der Waals surface area contributed by atoms with E-state index in [0.717, 1.165) is 22.0 Å². The van der Waals surface area contributed by atoms with Crippen LogP contribution < -0.4 is 5.32 Å². The standard InChI is InChI=1S/C13H16F3N3S2/c1-7(2)17-5-9-12(13(14,15)16)19-11(21-9)4-10-18-8(3)6-20-10/h6-7,17H,4-5H2,1-3H3. The first-order chi connectivity index (χ1) is 9.75. The van der Waals surface area contributed by atoms with E-state index in [1.54, 1.807) is 0 Å². The van der Waals surface area contributed by atoms with Gasteiger partial charge in [0, 0.05) is 23.7 Å². The number of nitrogens with zero attached hydrogens (tertiary/aromatic N) is 2. The first kappa shape index (κ1) is 16.4. The Bertz CT molecular complexity index is 602. The van der Waals surface area contributed by atoms with Crippen LogP contribution in [-0.4, -0.2) is 16.0 Å². The lowest BCUT2D eigenvalue weighted by atomic mass is 10.3. The molecule has 0 aliphatic rings. The molecule has 0 aliphatic heterocycles. The molecule has 1 N–H and O–H groups in total. The summed E-state index contributed by atoms with van der Waals surface area (Å²) in [5, 5.41) is 6.14. The zero-order chi connectivity index (χ0) is 15.6. The van der Waals surface area contributed by atoms with E-state index >= 15 is 0 Å². The Balaban J connectivity index is 2.22. The average molecular weight is 335 g/mol. The van der Waals surface area contributed by atoms with Crippen molar-refractivity contribution >= 4 is 22.7 Å². The van der Waals surface area contributed by atoms with E-state index in [1.165, 1.54) is 11.3 Å². The van der Waals surface area contributed by atoms with Gasteiger partial charge in [-0.3, -0.25) is 0 Å². The van der Waals surface area contributed by atoms with Gasteiger partial charge in [-0.2, -0.15) is 13.2 Å². The molecule has 21 heavy (non-hydrogen) atoms. The normalized spacial score (nSPS) is 12.3. The molecule has 2 aromatic rings. The van der Waals surface area contributed by atoms with Crippen molar-refractivity contribution in [2.75, 3.05) is 0 Å². The maximum atomic E-state index is 13.0. The van der Waals surface area contributed by atoms with Gasteiger partial charge in [0.1, 0.15) is 5.01 Å². The summed E-state index contributed by atoms with van der Waals surface area (Å²) in [5.74, 6) is 0. The SMILES string of the molecule is Cc1csc(Cc2nc(C(F)(F)F)c(CNC(C)C)s2)n1. The van der Waals surface area contributed by atoms with Gasteiger partial charge in [0.2, 0.25) is 0 Å². The zero-order valence-electron chi connectivity index (χ0n) is 11.9. The largest absolute Gasteiger partial charge is 0.434 e. The third-order valence-corrected chi connectivity index (χ3v) is 4.67. The lowest BCUT2D eigenvalue weighted by molar-refractivity contribution is -0.141. The minimum atomic E-state index is -4.42. The van der Waals surface area contributed by atoms with Crippen molar-refractivity contribution in [1.29, 1.82) is 0 Å². The van der Waals surface area contributed by atoms with Crippen LogP contribution in [0.1, 0.15) is 40.1 Å². The zero-order valence-corrected chi connectivity index (χ0v) is 13.5. The number of hydrogen-bond donors (Lipinski definition) is 1. The fourth-order valence-electron chi connectivity index (χ4n) is 1.73. The van der Waals surface area contributed by atoms with Crippen LogP contribution in [-0.2, 0) is 19.1 Å². The Labute approximate surface area is 129 Å². The number of aromatic nitrogens is 2. The molecule has 0 atom stereocenters. The number of rotatable bonds is 5. The van der Waals surface area contributed by atoms with Crippen LogP contribution in [0, 0.1) is 6.92 Å². The van der Waals surface area contributed by atoms with Crippen molar-refractivity contribution in [3.63, 3.8) is 0 Å². The predicted octanol–water partition coefficient (Wildman–Crippen LogP) is 4.02. The first-order valence-corrected chi connectivity index (χ1v) is 8.15. The van der Waals surface area contributed by atoms with E-state index in [2.05, 4.69) is 15.3 Å². The fraction of sp³-hybridized carbons (Fsp3) is 0.538. The molecule has 0 spiro atoms. The minimum absolute atomic E-state index is 0.123. The van der Waals surface area contributed by atoms with E-state index in [0.29, 0.717) is 11.4 Å². The molecule has 0 aliphatic carbocycles. The number of nitrogens with one attached hydrogen (secondary N) is 1. The monoisotopic (exact) mass is 335 g/mol. The highest BCUT2D eigenvalue weighted by molar-refractivity contribution is 7.12. The number of alkyl halides is 3. The summed E-state index contributed by atoms with van der Waals surface area (Å²) in [5.41, 5.74) is 0.105. The number of thiazole rings is 2. The Kier molecular flexibility index (Phi) is 5.00. The summed E-state index contributed by atoms with van der Waals surface area (Å²) in [4.78, 5) is 8.29. The van der Waals surface area contributed by atoms with Crippen LogP contribution in [0.3, 0.4) is 0 Å². The summed E-state index contributed by atoms with van der Waals surface area (Å²) in [7, 11) is 0. The molecule has 116 valence electrons. The van der Waals surface area contributed by atoms with Crippen LogP contribution in [0.5, 0.6) is 0 Å². The maximum Gasteiger partial charge on any atom is 0.434 e. The molecule has 0 fully saturated rings. The topological polar surface area (TPSA) is 37.8 Å². The summed E-state index contributed by atoms with van der Waals surface area (Å²) in [6.07, 6.45) is -4.06. The summed E-state index contributed by atoms with van der Waals surface area (Å²) >= 11 is 2.55. The Morgan fingerprint density at radius 1 is 1.24 bits per heavy atom. The van der Waals surface area contributed by atoms with Crippen molar-refractivity contribution in [3.05, 3.63) is 31.7 Å². The molecular weight excluding hydrogens is 319 g/mol. The molecule has 2 aromatic heterocycles. The fourth-order valence-corrected chi connectivity index (χ4v) is 3.64. The molecule has 0 saturated carbocycles. The smallest absolute Gasteiger partial charge is 0.310 e. The number of hydrogen-bond acceptors (Lipinski definition) is 5. The Morgan fingerprint density at radius 3 is 2.48 bits per heavy atom. The lowest BCUT2D eigenvalue weighted by Crippen LogP contribution is -2.23. The molecule has 0 bridgehead atoms. The van der Waals surface area contributed by atoms with Gasteiger partial charge in [-0.1, -0.05) is 13.8 Å². The summed E-state index contributed by atoms with van der Waals surface area (Å²) < 4.78 is 39.1. The van der Waals surface area contributed by atoms with Crippen LogP contribution in [0.2, 0.25) is 0 Å². The van der Waals surface area contributed by atoms with Crippen LogP contribution >= 0.6 is 22.7 Å². The van der Waals surface area contributed by atoms with Crippen molar-refractivity contribution in [1.82, 2.24) is 15.3 Å². The quantitative estimate of drug-likeness (QED) is 0.897. The highest BCUT2D eigenvalue weighted by Crippen LogP contribution is 2.35. The van der Waals surface area contributed by atoms with Gasteiger partial charge in [-0.15, -0.1) is 22.7 Å². The van der Waals surface area contributed by atoms with E-state index < -0.39 is 11.9 Å². The van der Waals surface area contributed by atoms with Crippen LogP contribution in [0.15, 0.2) is 5.38 Å². The third-order valence-electron chi connectivity index (χ3n) is 2.65. The molecule has 0 saturated heterocycles. The molecule has 2 heterocycles. The molecule has 0 amide bonds. The second kappa shape index (κ2) is 6.41. The molecule has 0 aromatic carbocycles. The highest BCUT2D eigenvalue weighted by Gasteiger charge is 2.37.